The fourth-order valence-corrected chi connectivity index (χ4v) is 1.24. The Labute approximate surface area is 77.6 Å². The second-order valence-corrected chi connectivity index (χ2v) is 3.27. The van der Waals surface area contributed by atoms with E-state index < -0.39 is 11.3 Å². The number of allylic oxidation sites excluding steroid dienone is 1. The number of hydrogen-bond acceptors (Lipinski definition) is 4. The molecular weight excluding hydrogens is 170 g/mol. The molecule has 0 aromatic carbocycles. The quantitative estimate of drug-likeness (QED) is 0.600. The molecular formula is C9H15NO3. The van der Waals surface area contributed by atoms with E-state index in [-0.39, 0.29) is 0 Å². The smallest absolute Gasteiger partial charge is 0.207 e. The molecule has 0 bridgehead atoms. The van der Waals surface area contributed by atoms with E-state index in [1.54, 1.807) is 26.2 Å². The molecule has 3 N–H and O–H groups in total. The molecule has 0 aromatic heterocycles. The summed E-state index contributed by atoms with van der Waals surface area (Å²) in [6.07, 6.45) is 4.72. The molecule has 0 aromatic rings. The largest absolute Gasteiger partial charge is 0.497 e. The van der Waals surface area contributed by atoms with E-state index in [2.05, 4.69) is 0 Å². The van der Waals surface area contributed by atoms with Gasteiger partial charge in [0.15, 0.2) is 0 Å². The minimum Gasteiger partial charge on any atom is -0.497 e. The van der Waals surface area contributed by atoms with Crippen LogP contribution in [0.5, 0.6) is 0 Å². The molecule has 0 aliphatic heterocycles. The average Bonchev–Trinajstić information content (AvgIpc) is 2.09. The Morgan fingerprint density at radius 2 is 2.08 bits per heavy atom. The standard InChI is InChI=1S/C9H15NO3/c1-8(10)6-7(12-2)4-5-9(8,11)13-3/h4-6,11H,10H2,1-3H3. The fourth-order valence-electron chi connectivity index (χ4n) is 1.24. The second kappa shape index (κ2) is 3.14. The third-order valence-electron chi connectivity index (χ3n) is 2.23. The van der Waals surface area contributed by atoms with E-state index in [1.807, 2.05) is 0 Å². The van der Waals surface area contributed by atoms with Gasteiger partial charge in [-0.2, -0.15) is 0 Å². The monoisotopic (exact) mass is 185 g/mol. The van der Waals surface area contributed by atoms with Gasteiger partial charge in [0.1, 0.15) is 5.76 Å². The summed E-state index contributed by atoms with van der Waals surface area (Å²) in [6.45, 7) is 1.67. The van der Waals surface area contributed by atoms with Gasteiger partial charge in [0.05, 0.1) is 12.6 Å². The average molecular weight is 185 g/mol. The van der Waals surface area contributed by atoms with Crippen molar-refractivity contribution in [3.8, 4) is 0 Å². The fraction of sp³-hybridized carbons (Fsp3) is 0.556. The lowest BCUT2D eigenvalue weighted by molar-refractivity contribution is -0.178. The number of aliphatic hydroxyl groups is 1. The van der Waals surface area contributed by atoms with Crippen molar-refractivity contribution < 1.29 is 14.6 Å². The van der Waals surface area contributed by atoms with E-state index >= 15 is 0 Å². The lowest BCUT2D eigenvalue weighted by atomic mass is 9.87. The Balaban J connectivity index is 3.01. The molecule has 0 saturated carbocycles. The molecule has 2 unspecified atom stereocenters. The summed E-state index contributed by atoms with van der Waals surface area (Å²) in [5.74, 6) is -0.846. The second-order valence-electron chi connectivity index (χ2n) is 3.27. The molecule has 13 heavy (non-hydrogen) atoms. The highest BCUT2D eigenvalue weighted by atomic mass is 16.6. The molecule has 1 rings (SSSR count). The first-order chi connectivity index (χ1) is 5.95. The van der Waals surface area contributed by atoms with E-state index in [0.29, 0.717) is 5.76 Å². The summed E-state index contributed by atoms with van der Waals surface area (Å²) in [5.41, 5.74) is 4.87. The Hall–Kier alpha value is -0.840. The van der Waals surface area contributed by atoms with Crippen LogP contribution in [-0.2, 0) is 9.47 Å². The molecule has 0 radical (unpaired) electrons. The van der Waals surface area contributed by atoms with Gasteiger partial charge < -0.3 is 20.3 Å². The van der Waals surface area contributed by atoms with E-state index in [9.17, 15) is 5.11 Å². The summed E-state index contributed by atoms with van der Waals surface area (Å²) < 4.78 is 9.92. The maximum Gasteiger partial charge on any atom is 0.207 e. The summed E-state index contributed by atoms with van der Waals surface area (Å²) in [7, 11) is 2.95. The highest BCUT2D eigenvalue weighted by molar-refractivity contribution is 5.31. The molecule has 74 valence electrons. The normalized spacial score (nSPS) is 38.7. The van der Waals surface area contributed by atoms with Crippen LogP contribution in [0.15, 0.2) is 24.0 Å². The third-order valence-corrected chi connectivity index (χ3v) is 2.23. The number of hydrogen-bond donors (Lipinski definition) is 2. The molecule has 4 nitrogen and oxygen atoms in total. The van der Waals surface area contributed by atoms with Crippen LogP contribution in [0.3, 0.4) is 0 Å². The summed E-state index contributed by atoms with van der Waals surface area (Å²) in [5, 5.41) is 9.89. The van der Waals surface area contributed by atoms with Crippen molar-refractivity contribution in [2.24, 2.45) is 5.73 Å². The molecule has 0 amide bonds. The first kappa shape index (κ1) is 10.2. The van der Waals surface area contributed by atoms with Crippen LogP contribution in [0.1, 0.15) is 6.92 Å². The third kappa shape index (κ3) is 1.60. The van der Waals surface area contributed by atoms with E-state index in [4.69, 9.17) is 15.2 Å². The molecule has 4 heteroatoms. The van der Waals surface area contributed by atoms with Gasteiger partial charge >= 0.3 is 0 Å². The molecule has 0 fully saturated rings. The van der Waals surface area contributed by atoms with Crippen molar-refractivity contribution in [2.75, 3.05) is 14.2 Å². The van der Waals surface area contributed by atoms with E-state index in [1.165, 1.54) is 13.2 Å². The van der Waals surface area contributed by atoms with Crippen LogP contribution in [0.4, 0.5) is 0 Å². The molecule has 0 heterocycles. The SMILES string of the molecule is COC1=CC(C)(N)C(O)(OC)C=C1. The first-order valence-corrected chi connectivity index (χ1v) is 3.98. The predicted molar refractivity (Wildman–Crippen MR) is 48.8 cm³/mol. The van der Waals surface area contributed by atoms with Crippen molar-refractivity contribution in [3.63, 3.8) is 0 Å². The van der Waals surface area contributed by atoms with Crippen LogP contribution >= 0.6 is 0 Å². The highest BCUT2D eigenvalue weighted by Gasteiger charge is 2.43. The van der Waals surface area contributed by atoms with Crippen molar-refractivity contribution in [3.05, 3.63) is 24.0 Å². The van der Waals surface area contributed by atoms with Crippen LogP contribution in [0.25, 0.3) is 0 Å². The molecule has 1 aliphatic carbocycles. The summed E-state index contributed by atoms with van der Waals surface area (Å²) >= 11 is 0. The van der Waals surface area contributed by atoms with Crippen molar-refractivity contribution in [1.29, 1.82) is 0 Å². The van der Waals surface area contributed by atoms with Crippen molar-refractivity contribution >= 4 is 0 Å². The maximum absolute atomic E-state index is 9.89. The molecule has 0 saturated heterocycles. The van der Waals surface area contributed by atoms with Crippen LogP contribution in [0.2, 0.25) is 0 Å². The minimum absolute atomic E-state index is 0.617. The van der Waals surface area contributed by atoms with Crippen LogP contribution < -0.4 is 5.73 Å². The Kier molecular flexibility index (Phi) is 2.47. The lowest BCUT2D eigenvalue weighted by Gasteiger charge is -2.38. The van der Waals surface area contributed by atoms with E-state index in [0.717, 1.165) is 0 Å². The zero-order valence-electron chi connectivity index (χ0n) is 8.07. The maximum atomic E-state index is 9.89. The Morgan fingerprint density at radius 1 is 1.46 bits per heavy atom. The first-order valence-electron chi connectivity index (χ1n) is 3.98. The number of rotatable bonds is 2. The molecule has 0 spiro atoms. The van der Waals surface area contributed by atoms with Gasteiger partial charge in [-0.05, 0) is 25.2 Å². The van der Waals surface area contributed by atoms with Gasteiger partial charge in [0.25, 0.3) is 0 Å². The van der Waals surface area contributed by atoms with Crippen molar-refractivity contribution in [2.45, 2.75) is 18.2 Å². The Morgan fingerprint density at radius 3 is 2.46 bits per heavy atom. The van der Waals surface area contributed by atoms with Crippen molar-refractivity contribution in [1.82, 2.24) is 0 Å². The van der Waals surface area contributed by atoms with Gasteiger partial charge in [-0.3, -0.25) is 0 Å². The highest BCUT2D eigenvalue weighted by Crippen LogP contribution is 2.29. The van der Waals surface area contributed by atoms with Crippen LogP contribution in [-0.4, -0.2) is 30.7 Å². The van der Waals surface area contributed by atoms with Gasteiger partial charge in [-0.15, -0.1) is 0 Å². The molecule has 1 aliphatic rings. The van der Waals surface area contributed by atoms with Gasteiger partial charge in [0, 0.05) is 7.11 Å². The summed E-state index contributed by atoms with van der Waals surface area (Å²) in [6, 6.07) is 0. The minimum atomic E-state index is -1.46. The number of methoxy groups -OCH3 is 2. The summed E-state index contributed by atoms with van der Waals surface area (Å²) in [4.78, 5) is 0. The van der Waals surface area contributed by atoms with Gasteiger partial charge in [-0.1, -0.05) is 0 Å². The number of ether oxygens (including phenoxy) is 2. The van der Waals surface area contributed by atoms with Gasteiger partial charge in [0.2, 0.25) is 5.79 Å². The zero-order valence-corrected chi connectivity index (χ0v) is 8.07. The van der Waals surface area contributed by atoms with Gasteiger partial charge in [-0.25, -0.2) is 0 Å². The Bertz CT molecular complexity index is 258. The molecule has 2 atom stereocenters. The zero-order chi connectivity index (χ0) is 10.1. The number of nitrogens with two attached hydrogens (primary N) is 1. The van der Waals surface area contributed by atoms with Crippen LogP contribution in [0, 0.1) is 0 Å². The topological polar surface area (TPSA) is 64.7 Å². The predicted octanol–water partition coefficient (Wildman–Crippen LogP) is 0.139. The lowest BCUT2D eigenvalue weighted by Crippen LogP contribution is -2.58.